The van der Waals surface area contributed by atoms with Crippen LogP contribution in [0.2, 0.25) is 0 Å². The van der Waals surface area contributed by atoms with Gasteiger partial charge in [-0.25, -0.2) is 9.67 Å². The fourth-order valence-electron chi connectivity index (χ4n) is 3.27. The second kappa shape index (κ2) is 7.26. The molecule has 0 amide bonds. The number of aromatic nitrogens is 5. The molecule has 7 heteroatoms. The number of para-hydroxylation sites is 1. The van der Waals surface area contributed by atoms with Gasteiger partial charge in [0, 0.05) is 18.0 Å². The molecule has 0 saturated heterocycles. The zero-order valence-electron chi connectivity index (χ0n) is 16.2. The van der Waals surface area contributed by atoms with Crippen molar-refractivity contribution < 1.29 is 0 Å². The molecule has 0 saturated carbocycles. The SMILES string of the molecule is Cc1ccc2nc(Cn3cc(CNc4c(C)cccc4C)nn3)cc(=O)n2c1. The van der Waals surface area contributed by atoms with Crippen molar-refractivity contribution in [3.63, 3.8) is 0 Å². The van der Waals surface area contributed by atoms with E-state index in [9.17, 15) is 4.79 Å². The van der Waals surface area contributed by atoms with E-state index in [-0.39, 0.29) is 5.56 Å². The van der Waals surface area contributed by atoms with Crippen LogP contribution in [0.5, 0.6) is 0 Å². The summed E-state index contributed by atoms with van der Waals surface area (Å²) in [7, 11) is 0. The van der Waals surface area contributed by atoms with E-state index in [2.05, 4.69) is 46.6 Å². The predicted octanol–water partition coefficient (Wildman–Crippen LogP) is 2.87. The van der Waals surface area contributed by atoms with Gasteiger partial charge in [0.05, 0.1) is 25.0 Å². The Hall–Kier alpha value is -3.48. The van der Waals surface area contributed by atoms with Crippen LogP contribution in [0.3, 0.4) is 0 Å². The van der Waals surface area contributed by atoms with Crippen LogP contribution < -0.4 is 10.9 Å². The molecule has 0 aliphatic carbocycles. The third-order valence-corrected chi connectivity index (χ3v) is 4.70. The molecule has 0 unspecified atom stereocenters. The molecular weight excluding hydrogens is 352 g/mol. The first-order chi connectivity index (χ1) is 13.5. The van der Waals surface area contributed by atoms with E-state index >= 15 is 0 Å². The molecule has 0 fully saturated rings. The van der Waals surface area contributed by atoms with Crippen LogP contribution in [0, 0.1) is 20.8 Å². The Balaban J connectivity index is 1.50. The van der Waals surface area contributed by atoms with E-state index in [0.717, 1.165) is 16.9 Å². The van der Waals surface area contributed by atoms with Crippen molar-refractivity contribution in [3.8, 4) is 0 Å². The molecule has 3 aromatic heterocycles. The molecule has 4 rings (SSSR count). The number of hydrogen-bond donors (Lipinski definition) is 1. The van der Waals surface area contributed by atoms with Crippen LogP contribution in [-0.2, 0) is 13.1 Å². The summed E-state index contributed by atoms with van der Waals surface area (Å²) in [5.41, 5.74) is 6.56. The van der Waals surface area contributed by atoms with Gasteiger partial charge in [-0.15, -0.1) is 5.10 Å². The lowest BCUT2D eigenvalue weighted by Crippen LogP contribution is -2.17. The second-order valence-electron chi connectivity index (χ2n) is 7.05. The number of anilines is 1. The number of fused-ring (bicyclic) bond motifs is 1. The first-order valence-electron chi connectivity index (χ1n) is 9.17. The Bertz CT molecular complexity index is 1190. The lowest BCUT2D eigenvalue weighted by Gasteiger charge is -2.11. The van der Waals surface area contributed by atoms with Crippen molar-refractivity contribution in [2.45, 2.75) is 33.9 Å². The van der Waals surface area contributed by atoms with Crippen molar-refractivity contribution in [2.24, 2.45) is 0 Å². The maximum atomic E-state index is 12.3. The fourth-order valence-corrected chi connectivity index (χ4v) is 3.27. The third-order valence-electron chi connectivity index (χ3n) is 4.70. The van der Waals surface area contributed by atoms with Gasteiger partial charge in [-0.2, -0.15) is 0 Å². The molecule has 0 aliphatic heterocycles. The molecule has 1 aromatic carbocycles. The van der Waals surface area contributed by atoms with E-state index in [1.54, 1.807) is 21.3 Å². The number of nitrogens with zero attached hydrogens (tertiary/aromatic N) is 5. The topological polar surface area (TPSA) is 77.1 Å². The summed E-state index contributed by atoms with van der Waals surface area (Å²) in [6, 6.07) is 11.5. The highest BCUT2D eigenvalue weighted by atomic mass is 16.1. The van der Waals surface area contributed by atoms with Gasteiger partial charge in [0.25, 0.3) is 5.56 Å². The van der Waals surface area contributed by atoms with Gasteiger partial charge in [-0.1, -0.05) is 29.5 Å². The maximum Gasteiger partial charge on any atom is 0.258 e. The zero-order valence-corrected chi connectivity index (χ0v) is 16.2. The Kier molecular flexibility index (Phi) is 4.65. The fraction of sp³-hybridized carbons (Fsp3) is 0.238. The standard InChI is InChI=1S/C21H22N6O/c1-14-7-8-19-23-17(9-20(28)27(19)11-14)12-26-13-18(24-25-26)10-22-21-15(2)5-4-6-16(21)3/h4-9,11,13,22H,10,12H2,1-3H3. The first kappa shape index (κ1) is 17.9. The molecule has 142 valence electrons. The van der Waals surface area contributed by atoms with Crippen LogP contribution in [0.25, 0.3) is 5.65 Å². The molecule has 3 heterocycles. The van der Waals surface area contributed by atoms with Gasteiger partial charge >= 0.3 is 0 Å². The molecule has 0 bridgehead atoms. The van der Waals surface area contributed by atoms with Crippen LogP contribution in [0.1, 0.15) is 28.1 Å². The van der Waals surface area contributed by atoms with Crippen molar-refractivity contribution in [1.29, 1.82) is 0 Å². The van der Waals surface area contributed by atoms with Crippen LogP contribution in [0.4, 0.5) is 5.69 Å². The van der Waals surface area contributed by atoms with Gasteiger partial charge in [0.2, 0.25) is 0 Å². The van der Waals surface area contributed by atoms with E-state index in [1.807, 2.05) is 31.3 Å². The number of rotatable bonds is 5. The maximum absolute atomic E-state index is 12.3. The number of nitrogens with one attached hydrogen (secondary N) is 1. The minimum atomic E-state index is -0.0965. The monoisotopic (exact) mass is 374 g/mol. The van der Waals surface area contributed by atoms with Crippen LogP contribution in [0.15, 0.2) is 53.6 Å². The summed E-state index contributed by atoms with van der Waals surface area (Å²) >= 11 is 0. The van der Waals surface area contributed by atoms with E-state index in [4.69, 9.17) is 0 Å². The largest absolute Gasteiger partial charge is 0.379 e. The molecule has 0 atom stereocenters. The van der Waals surface area contributed by atoms with Crippen molar-refractivity contribution >= 4 is 11.3 Å². The van der Waals surface area contributed by atoms with Crippen molar-refractivity contribution in [3.05, 3.63) is 87.2 Å². The smallest absolute Gasteiger partial charge is 0.258 e. The van der Waals surface area contributed by atoms with Gasteiger partial charge in [0.15, 0.2) is 0 Å². The summed E-state index contributed by atoms with van der Waals surface area (Å²) in [4.78, 5) is 16.9. The molecular formula is C21H22N6O. The highest BCUT2D eigenvalue weighted by molar-refractivity contribution is 5.56. The Morgan fingerprint density at radius 3 is 2.57 bits per heavy atom. The van der Waals surface area contributed by atoms with E-state index in [0.29, 0.717) is 24.4 Å². The molecule has 0 aliphatic rings. The molecule has 1 N–H and O–H groups in total. The average Bonchev–Trinajstić information content (AvgIpc) is 3.09. The summed E-state index contributed by atoms with van der Waals surface area (Å²) < 4.78 is 3.26. The van der Waals surface area contributed by atoms with Crippen LogP contribution >= 0.6 is 0 Å². The second-order valence-corrected chi connectivity index (χ2v) is 7.05. The summed E-state index contributed by atoms with van der Waals surface area (Å²) in [5, 5.41) is 11.8. The Labute approximate surface area is 162 Å². The molecule has 28 heavy (non-hydrogen) atoms. The normalized spacial score (nSPS) is 11.1. The minimum Gasteiger partial charge on any atom is -0.379 e. The van der Waals surface area contributed by atoms with Gasteiger partial charge in [-0.3, -0.25) is 9.20 Å². The highest BCUT2D eigenvalue weighted by Crippen LogP contribution is 2.19. The van der Waals surface area contributed by atoms with E-state index in [1.165, 1.54) is 11.1 Å². The summed E-state index contributed by atoms with van der Waals surface area (Å²) in [6.07, 6.45) is 3.67. The minimum absolute atomic E-state index is 0.0965. The Morgan fingerprint density at radius 2 is 1.79 bits per heavy atom. The number of aryl methyl sites for hydroxylation is 3. The lowest BCUT2D eigenvalue weighted by atomic mass is 10.1. The molecule has 0 radical (unpaired) electrons. The lowest BCUT2D eigenvalue weighted by molar-refractivity contribution is 0.637. The zero-order chi connectivity index (χ0) is 19.7. The van der Waals surface area contributed by atoms with Gasteiger partial charge in [0.1, 0.15) is 11.3 Å². The van der Waals surface area contributed by atoms with Gasteiger partial charge < -0.3 is 5.32 Å². The predicted molar refractivity (Wildman–Crippen MR) is 109 cm³/mol. The Morgan fingerprint density at radius 1 is 1.00 bits per heavy atom. The van der Waals surface area contributed by atoms with Crippen LogP contribution in [-0.4, -0.2) is 24.4 Å². The van der Waals surface area contributed by atoms with Crippen molar-refractivity contribution in [1.82, 2.24) is 24.4 Å². The highest BCUT2D eigenvalue weighted by Gasteiger charge is 2.07. The quantitative estimate of drug-likeness (QED) is 0.581. The molecule has 7 nitrogen and oxygen atoms in total. The third kappa shape index (κ3) is 3.64. The number of hydrogen-bond acceptors (Lipinski definition) is 5. The van der Waals surface area contributed by atoms with Gasteiger partial charge in [-0.05, 0) is 43.5 Å². The average molecular weight is 374 g/mol. The number of pyridine rings is 1. The summed E-state index contributed by atoms with van der Waals surface area (Å²) in [5.74, 6) is 0. The first-order valence-corrected chi connectivity index (χ1v) is 9.17. The van der Waals surface area contributed by atoms with E-state index < -0.39 is 0 Å². The number of benzene rings is 1. The van der Waals surface area contributed by atoms with Crippen molar-refractivity contribution in [2.75, 3.05) is 5.32 Å². The summed E-state index contributed by atoms with van der Waals surface area (Å²) in [6.45, 7) is 7.09. The molecule has 0 spiro atoms. The molecule has 4 aromatic rings.